The van der Waals surface area contributed by atoms with E-state index in [1.54, 1.807) is 7.11 Å². The van der Waals surface area contributed by atoms with E-state index in [0.29, 0.717) is 5.02 Å². The third-order valence-electron chi connectivity index (χ3n) is 2.66. The topological polar surface area (TPSA) is 21.3 Å². The first-order valence-electron chi connectivity index (χ1n) is 5.41. The van der Waals surface area contributed by atoms with E-state index in [1.807, 2.05) is 25.2 Å². The van der Waals surface area contributed by atoms with Crippen molar-refractivity contribution in [2.45, 2.75) is 26.8 Å². The molecule has 0 spiro atoms. The van der Waals surface area contributed by atoms with E-state index in [-0.39, 0.29) is 11.5 Å². The number of methoxy groups -OCH3 is 1. The van der Waals surface area contributed by atoms with Crippen LogP contribution in [0.15, 0.2) is 18.2 Å². The van der Waals surface area contributed by atoms with Crippen molar-refractivity contribution in [1.82, 2.24) is 5.32 Å². The van der Waals surface area contributed by atoms with Gasteiger partial charge >= 0.3 is 0 Å². The highest BCUT2D eigenvalue weighted by molar-refractivity contribution is 6.30. The fourth-order valence-electron chi connectivity index (χ4n) is 1.98. The van der Waals surface area contributed by atoms with Crippen molar-refractivity contribution in [3.8, 4) is 5.75 Å². The lowest BCUT2D eigenvalue weighted by Crippen LogP contribution is -2.29. The lowest BCUT2D eigenvalue weighted by atomic mass is 9.82. The van der Waals surface area contributed by atoms with Crippen LogP contribution in [0.4, 0.5) is 0 Å². The Morgan fingerprint density at radius 2 is 1.94 bits per heavy atom. The van der Waals surface area contributed by atoms with Gasteiger partial charge < -0.3 is 10.1 Å². The van der Waals surface area contributed by atoms with Crippen LogP contribution in [-0.4, -0.2) is 14.2 Å². The van der Waals surface area contributed by atoms with Gasteiger partial charge in [0.25, 0.3) is 0 Å². The molecule has 1 N–H and O–H groups in total. The van der Waals surface area contributed by atoms with Gasteiger partial charge in [-0.1, -0.05) is 38.4 Å². The molecule has 2 nitrogen and oxygen atoms in total. The molecule has 1 aromatic carbocycles. The van der Waals surface area contributed by atoms with Crippen molar-refractivity contribution in [2.75, 3.05) is 14.2 Å². The molecule has 16 heavy (non-hydrogen) atoms. The molecule has 1 aromatic rings. The Bertz CT molecular complexity index is 357. The van der Waals surface area contributed by atoms with Gasteiger partial charge in [-0.05, 0) is 24.6 Å². The number of ether oxygens (including phenoxy) is 1. The van der Waals surface area contributed by atoms with Gasteiger partial charge in [-0.2, -0.15) is 0 Å². The van der Waals surface area contributed by atoms with Crippen LogP contribution >= 0.6 is 11.6 Å². The summed E-state index contributed by atoms with van der Waals surface area (Å²) in [5.74, 6) is 0.835. The Hall–Kier alpha value is -0.730. The maximum atomic E-state index is 5.96. The maximum Gasteiger partial charge on any atom is 0.125 e. The van der Waals surface area contributed by atoms with Crippen LogP contribution in [0.5, 0.6) is 5.75 Å². The van der Waals surface area contributed by atoms with Crippen LogP contribution in [-0.2, 0) is 0 Å². The third-order valence-corrected chi connectivity index (χ3v) is 2.90. The van der Waals surface area contributed by atoms with Gasteiger partial charge in [0, 0.05) is 16.6 Å². The zero-order valence-electron chi connectivity index (χ0n) is 10.6. The Kier molecular flexibility index (Phi) is 4.22. The lowest BCUT2D eigenvalue weighted by Gasteiger charge is -2.31. The van der Waals surface area contributed by atoms with Gasteiger partial charge in [-0.25, -0.2) is 0 Å². The second-order valence-corrected chi connectivity index (χ2v) is 5.41. The molecule has 1 atom stereocenters. The molecule has 0 heterocycles. The summed E-state index contributed by atoms with van der Waals surface area (Å²) in [6.07, 6.45) is 0. The Morgan fingerprint density at radius 1 is 1.31 bits per heavy atom. The number of benzene rings is 1. The molecule has 1 rings (SSSR count). The van der Waals surface area contributed by atoms with Crippen molar-refractivity contribution in [2.24, 2.45) is 5.41 Å². The van der Waals surface area contributed by atoms with Crippen LogP contribution in [0.1, 0.15) is 32.4 Å². The van der Waals surface area contributed by atoms with E-state index in [9.17, 15) is 0 Å². The molecule has 0 aliphatic carbocycles. The van der Waals surface area contributed by atoms with Crippen LogP contribution in [0.25, 0.3) is 0 Å². The predicted octanol–water partition coefficient (Wildman–Crippen LogP) is 3.66. The highest BCUT2D eigenvalue weighted by Crippen LogP contribution is 2.38. The SMILES string of the molecule is CNC(c1ccc(Cl)cc1OC)C(C)(C)C. The monoisotopic (exact) mass is 241 g/mol. The van der Waals surface area contributed by atoms with Crippen molar-refractivity contribution >= 4 is 11.6 Å². The van der Waals surface area contributed by atoms with Crippen LogP contribution < -0.4 is 10.1 Å². The largest absolute Gasteiger partial charge is 0.496 e. The smallest absolute Gasteiger partial charge is 0.125 e. The molecule has 0 saturated heterocycles. The summed E-state index contributed by atoms with van der Waals surface area (Å²) in [4.78, 5) is 0. The molecule has 0 aliphatic heterocycles. The second-order valence-electron chi connectivity index (χ2n) is 4.97. The zero-order chi connectivity index (χ0) is 12.3. The Balaban J connectivity index is 3.20. The summed E-state index contributed by atoms with van der Waals surface area (Å²) in [7, 11) is 3.63. The maximum absolute atomic E-state index is 5.96. The van der Waals surface area contributed by atoms with E-state index >= 15 is 0 Å². The van der Waals surface area contributed by atoms with Gasteiger partial charge in [0.05, 0.1) is 7.11 Å². The van der Waals surface area contributed by atoms with E-state index in [0.717, 1.165) is 11.3 Å². The average molecular weight is 242 g/mol. The number of hydrogen-bond donors (Lipinski definition) is 1. The molecular formula is C13H20ClNO. The van der Waals surface area contributed by atoms with Crippen LogP contribution in [0.3, 0.4) is 0 Å². The Morgan fingerprint density at radius 3 is 2.38 bits per heavy atom. The van der Waals surface area contributed by atoms with Crippen LogP contribution in [0.2, 0.25) is 5.02 Å². The Labute approximate surface area is 103 Å². The highest BCUT2D eigenvalue weighted by atomic mass is 35.5. The molecule has 0 bridgehead atoms. The predicted molar refractivity (Wildman–Crippen MR) is 69.3 cm³/mol. The normalized spacial score (nSPS) is 13.6. The van der Waals surface area contributed by atoms with Crippen molar-refractivity contribution in [3.63, 3.8) is 0 Å². The molecule has 0 aromatic heterocycles. The quantitative estimate of drug-likeness (QED) is 0.872. The van der Waals surface area contributed by atoms with Gasteiger partial charge in [0.1, 0.15) is 5.75 Å². The summed E-state index contributed by atoms with van der Waals surface area (Å²) in [5, 5.41) is 4.03. The molecule has 0 saturated carbocycles. The first-order valence-corrected chi connectivity index (χ1v) is 5.78. The fourth-order valence-corrected chi connectivity index (χ4v) is 2.14. The second kappa shape index (κ2) is 5.07. The zero-order valence-corrected chi connectivity index (χ0v) is 11.4. The van der Waals surface area contributed by atoms with Gasteiger partial charge in [-0.15, -0.1) is 0 Å². The van der Waals surface area contributed by atoms with Crippen molar-refractivity contribution in [1.29, 1.82) is 0 Å². The van der Waals surface area contributed by atoms with Gasteiger partial charge in [0.15, 0.2) is 0 Å². The van der Waals surface area contributed by atoms with Crippen molar-refractivity contribution < 1.29 is 4.74 Å². The molecule has 0 fully saturated rings. The van der Waals surface area contributed by atoms with Gasteiger partial charge in [-0.3, -0.25) is 0 Å². The van der Waals surface area contributed by atoms with E-state index in [1.165, 1.54) is 0 Å². The minimum atomic E-state index is 0.121. The number of rotatable bonds is 3. The molecule has 1 unspecified atom stereocenters. The molecule has 3 heteroatoms. The molecule has 0 aliphatic rings. The number of nitrogens with one attached hydrogen (secondary N) is 1. The average Bonchev–Trinajstić information content (AvgIpc) is 2.19. The first-order chi connectivity index (χ1) is 7.40. The first kappa shape index (κ1) is 13.3. The fraction of sp³-hybridized carbons (Fsp3) is 0.538. The highest BCUT2D eigenvalue weighted by Gasteiger charge is 2.27. The molecule has 0 amide bonds. The molecule has 0 radical (unpaired) electrons. The number of hydrogen-bond acceptors (Lipinski definition) is 2. The van der Waals surface area contributed by atoms with E-state index in [2.05, 4.69) is 26.1 Å². The van der Waals surface area contributed by atoms with E-state index < -0.39 is 0 Å². The van der Waals surface area contributed by atoms with Crippen molar-refractivity contribution in [3.05, 3.63) is 28.8 Å². The third kappa shape index (κ3) is 2.89. The minimum Gasteiger partial charge on any atom is -0.496 e. The number of halogens is 1. The lowest BCUT2D eigenvalue weighted by molar-refractivity contribution is 0.278. The summed E-state index contributed by atoms with van der Waals surface area (Å²) in [6.45, 7) is 6.59. The van der Waals surface area contributed by atoms with E-state index in [4.69, 9.17) is 16.3 Å². The summed E-state index contributed by atoms with van der Waals surface area (Å²) >= 11 is 5.96. The standard InChI is InChI=1S/C13H20ClNO/c1-13(2,3)12(15-4)10-7-6-9(14)8-11(10)16-5/h6-8,12,15H,1-5H3. The summed E-state index contributed by atoms with van der Waals surface area (Å²) < 4.78 is 5.38. The minimum absolute atomic E-state index is 0.121. The molecule has 90 valence electrons. The van der Waals surface area contributed by atoms with Gasteiger partial charge in [0.2, 0.25) is 0 Å². The van der Waals surface area contributed by atoms with Crippen LogP contribution in [0, 0.1) is 5.41 Å². The molecular weight excluding hydrogens is 222 g/mol. The summed E-state index contributed by atoms with van der Waals surface area (Å²) in [5.41, 5.74) is 1.26. The summed E-state index contributed by atoms with van der Waals surface area (Å²) in [6, 6.07) is 6.01.